The largest absolute Gasteiger partial charge is 0.497 e. The topological polar surface area (TPSA) is 73.6 Å². The van der Waals surface area contributed by atoms with E-state index in [1.807, 2.05) is 18.2 Å². The maximum atomic E-state index is 12.1. The van der Waals surface area contributed by atoms with Gasteiger partial charge in [0.1, 0.15) is 11.5 Å². The SMILES string of the molecule is COc1cc(CC(CN)C(=O)NC2CC2)cc(OC)c1. The molecule has 1 unspecified atom stereocenters. The summed E-state index contributed by atoms with van der Waals surface area (Å²) in [5.74, 6) is 1.26. The quantitative estimate of drug-likeness (QED) is 0.783. The van der Waals surface area contributed by atoms with Gasteiger partial charge in [-0.25, -0.2) is 0 Å². The molecule has 1 aromatic rings. The number of ether oxygens (including phenoxy) is 2. The lowest BCUT2D eigenvalue weighted by Gasteiger charge is -2.16. The van der Waals surface area contributed by atoms with Gasteiger partial charge in [0, 0.05) is 18.7 Å². The predicted octanol–water partition coefficient (Wildman–Crippen LogP) is 1.10. The third-order valence-electron chi connectivity index (χ3n) is 3.47. The number of carbonyl (C=O) groups excluding carboxylic acids is 1. The summed E-state index contributed by atoms with van der Waals surface area (Å²) in [4.78, 5) is 12.1. The van der Waals surface area contributed by atoms with Crippen LogP contribution in [0, 0.1) is 5.92 Å². The number of nitrogens with two attached hydrogens (primary N) is 1. The van der Waals surface area contributed by atoms with Crippen LogP contribution in [0.2, 0.25) is 0 Å². The number of carbonyl (C=O) groups is 1. The molecule has 0 radical (unpaired) electrons. The average Bonchev–Trinajstić information content (AvgIpc) is 3.27. The molecular weight excluding hydrogens is 256 g/mol. The van der Waals surface area contributed by atoms with E-state index in [0.717, 1.165) is 29.9 Å². The van der Waals surface area contributed by atoms with Crippen molar-refractivity contribution in [2.45, 2.75) is 25.3 Å². The van der Waals surface area contributed by atoms with Crippen LogP contribution in [0.15, 0.2) is 18.2 Å². The number of hydrogen-bond donors (Lipinski definition) is 2. The van der Waals surface area contributed by atoms with E-state index in [2.05, 4.69) is 5.32 Å². The van der Waals surface area contributed by atoms with Crippen molar-refractivity contribution >= 4 is 5.91 Å². The zero-order valence-corrected chi connectivity index (χ0v) is 12.0. The van der Waals surface area contributed by atoms with Crippen molar-refractivity contribution in [1.82, 2.24) is 5.32 Å². The van der Waals surface area contributed by atoms with Crippen LogP contribution in [0.5, 0.6) is 11.5 Å². The van der Waals surface area contributed by atoms with Gasteiger partial charge in [-0.15, -0.1) is 0 Å². The fraction of sp³-hybridized carbons (Fsp3) is 0.533. The van der Waals surface area contributed by atoms with Crippen molar-refractivity contribution in [2.75, 3.05) is 20.8 Å². The summed E-state index contributed by atoms with van der Waals surface area (Å²) in [6, 6.07) is 5.99. The highest BCUT2D eigenvalue weighted by Gasteiger charge is 2.27. The fourth-order valence-electron chi connectivity index (χ4n) is 2.10. The Hall–Kier alpha value is -1.75. The Morgan fingerprint density at radius 3 is 2.35 bits per heavy atom. The summed E-state index contributed by atoms with van der Waals surface area (Å²) >= 11 is 0. The monoisotopic (exact) mass is 278 g/mol. The van der Waals surface area contributed by atoms with Gasteiger partial charge >= 0.3 is 0 Å². The third-order valence-corrected chi connectivity index (χ3v) is 3.47. The molecule has 5 nitrogen and oxygen atoms in total. The van der Waals surface area contributed by atoms with Gasteiger partial charge in [0.15, 0.2) is 0 Å². The molecule has 0 bridgehead atoms. The molecule has 1 atom stereocenters. The van der Waals surface area contributed by atoms with Gasteiger partial charge in [-0.1, -0.05) is 0 Å². The van der Waals surface area contributed by atoms with Crippen LogP contribution in [0.1, 0.15) is 18.4 Å². The molecule has 1 amide bonds. The zero-order chi connectivity index (χ0) is 14.5. The van der Waals surface area contributed by atoms with Gasteiger partial charge in [0.25, 0.3) is 0 Å². The molecule has 1 fully saturated rings. The normalized spacial score (nSPS) is 15.6. The van der Waals surface area contributed by atoms with Gasteiger partial charge < -0.3 is 20.5 Å². The van der Waals surface area contributed by atoms with Crippen molar-refractivity contribution in [3.63, 3.8) is 0 Å². The molecule has 1 aliphatic carbocycles. The van der Waals surface area contributed by atoms with Crippen LogP contribution in [-0.4, -0.2) is 32.7 Å². The molecular formula is C15H22N2O3. The number of methoxy groups -OCH3 is 2. The second-order valence-electron chi connectivity index (χ2n) is 5.14. The van der Waals surface area contributed by atoms with E-state index in [1.54, 1.807) is 14.2 Å². The molecule has 5 heteroatoms. The number of rotatable bonds is 7. The highest BCUT2D eigenvalue weighted by atomic mass is 16.5. The summed E-state index contributed by atoms with van der Waals surface area (Å²) in [5.41, 5.74) is 6.72. The second-order valence-corrected chi connectivity index (χ2v) is 5.14. The maximum Gasteiger partial charge on any atom is 0.224 e. The van der Waals surface area contributed by atoms with Crippen LogP contribution in [-0.2, 0) is 11.2 Å². The van der Waals surface area contributed by atoms with E-state index in [4.69, 9.17) is 15.2 Å². The third kappa shape index (κ3) is 3.87. The Morgan fingerprint density at radius 1 is 1.30 bits per heavy atom. The molecule has 20 heavy (non-hydrogen) atoms. The Kier molecular flexibility index (Phi) is 4.84. The minimum Gasteiger partial charge on any atom is -0.497 e. The number of benzene rings is 1. The van der Waals surface area contributed by atoms with Crippen molar-refractivity contribution in [3.8, 4) is 11.5 Å². The minimum absolute atomic E-state index is 0.0387. The van der Waals surface area contributed by atoms with E-state index in [-0.39, 0.29) is 11.8 Å². The highest BCUT2D eigenvalue weighted by Crippen LogP contribution is 2.25. The van der Waals surface area contributed by atoms with Crippen LogP contribution in [0.3, 0.4) is 0 Å². The van der Waals surface area contributed by atoms with E-state index in [0.29, 0.717) is 19.0 Å². The van der Waals surface area contributed by atoms with Crippen molar-refractivity contribution in [1.29, 1.82) is 0 Å². The van der Waals surface area contributed by atoms with Crippen LogP contribution in [0.4, 0.5) is 0 Å². The molecule has 0 aromatic heterocycles. The Balaban J connectivity index is 2.07. The fourth-order valence-corrected chi connectivity index (χ4v) is 2.10. The summed E-state index contributed by atoms with van der Waals surface area (Å²) in [6.07, 6.45) is 2.74. The molecule has 0 spiro atoms. The molecule has 0 saturated heterocycles. The van der Waals surface area contributed by atoms with Crippen molar-refractivity contribution in [2.24, 2.45) is 11.7 Å². The Morgan fingerprint density at radius 2 is 1.90 bits per heavy atom. The zero-order valence-electron chi connectivity index (χ0n) is 12.0. The van der Waals surface area contributed by atoms with Gasteiger partial charge in [0.2, 0.25) is 5.91 Å². The standard InChI is InChI=1S/C15H22N2O3/c1-19-13-6-10(7-14(8-13)20-2)5-11(9-16)15(18)17-12-3-4-12/h6-8,11-12H,3-5,9,16H2,1-2H3,(H,17,18). The minimum atomic E-state index is -0.215. The van der Waals surface area contributed by atoms with Gasteiger partial charge in [-0.05, 0) is 37.0 Å². The number of hydrogen-bond acceptors (Lipinski definition) is 4. The smallest absolute Gasteiger partial charge is 0.224 e. The van der Waals surface area contributed by atoms with Gasteiger partial charge in [-0.3, -0.25) is 4.79 Å². The lowest BCUT2D eigenvalue weighted by Crippen LogP contribution is -2.37. The van der Waals surface area contributed by atoms with Crippen molar-refractivity contribution in [3.05, 3.63) is 23.8 Å². The Bertz CT molecular complexity index is 450. The first-order chi connectivity index (χ1) is 9.66. The lowest BCUT2D eigenvalue weighted by molar-refractivity contribution is -0.124. The molecule has 0 heterocycles. The molecule has 110 valence electrons. The van der Waals surface area contributed by atoms with Gasteiger partial charge in [-0.2, -0.15) is 0 Å². The highest BCUT2D eigenvalue weighted by molar-refractivity contribution is 5.79. The lowest BCUT2D eigenvalue weighted by atomic mass is 9.98. The first-order valence-corrected chi connectivity index (χ1v) is 6.88. The van der Waals surface area contributed by atoms with Crippen LogP contribution < -0.4 is 20.5 Å². The Labute approximate surface area is 119 Å². The maximum absolute atomic E-state index is 12.1. The molecule has 1 saturated carbocycles. The first kappa shape index (κ1) is 14.7. The van der Waals surface area contributed by atoms with E-state index in [1.165, 1.54) is 0 Å². The van der Waals surface area contributed by atoms with Crippen LogP contribution >= 0.6 is 0 Å². The molecule has 1 aromatic carbocycles. The molecule has 0 aliphatic heterocycles. The molecule has 2 rings (SSSR count). The summed E-state index contributed by atoms with van der Waals surface area (Å²) < 4.78 is 10.5. The second kappa shape index (κ2) is 6.61. The summed E-state index contributed by atoms with van der Waals surface area (Å²) in [5, 5.41) is 3.00. The number of nitrogens with one attached hydrogen (secondary N) is 1. The van der Waals surface area contributed by atoms with Gasteiger partial charge in [0.05, 0.1) is 20.1 Å². The number of amides is 1. The summed E-state index contributed by atoms with van der Waals surface area (Å²) in [6.45, 7) is 0.331. The van der Waals surface area contributed by atoms with Crippen LogP contribution in [0.25, 0.3) is 0 Å². The first-order valence-electron chi connectivity index (χ1n) is 6.88. The van der Waals surface area contributed by atoms with E-state index < -0.39 is 0 Å². The van der Waals surface area contributed by atoms with E-state index >= 15 is 0 Å². The average molecular weight is 278 g/mol. The molecule has 3 N–H and O–H groups in total. The van der Waals surface area contributed by atoms with E-state index in [9.17, 15) is 4.79 Å². The summed E-state index contributed by atoms with van der Waals surface area (Å²) in [7, 11) is 3.22. The predicted molar refractivity (Wildman–Crippen MR) is 77.0 cm³/mol. The molecule has 1 aliphatic rings. The van der Waals surface area contributed by atoms with Crippen molar-refractivity contribution < 1.29 is 14.3 Å².